The molecule has 16 rings (SSSR count). The van der Waals surface area contributed by atoms with Crippen LogP contribution in [0.1, 0.15) is 137 Å². The van der Waals surface area contributed by atoms with Crippen molar-refractivity contribution in [3.63, 3.8) is 0 Å². The number of nitrogens with zero attached hydrogens (tertiary/aromatic N) is 1. The molecule has 7 aliphatic carbocycles. The minimum atomic E-state index is -0.623. The second kappa shape index (κ2) is 15.9. The van der Waals surface area contributed by atoms with Gasteiger partial charge in [0.15, 0.2) is 0 Å². The van der Waals surface area contributed by atoms with Crippen molar-refractivity contribution in [2.45, 2.75) is 108 Å². The van der Waals surface area contributed by atoms with Gasteiger partial charge in [-0.05, 0) is 185 Å². The molecule has 0 amide bonds. The van der Waals surface area contributed by atoms with Gasteiger partial charge in [0.05, 0.1) is 11.1 Å². The summed E-state index contributed by atoms with van der Waals surface area (Å²) in [7, 11) is 0. The number of hydrogen-bond donors (Lipinski definition) is 0. The maximum absolute atomic E-state index is 2.70. The second-order valence-electron chi connectivity index (χ2n) is 26.5. The van der Waals surface area contributed by atoms with Crippen molar-refractivity contribution in [1.29, 1.82) is 0 Å². The summed E-state index contributed by atoms with van der Waals surface area (Å²) in [6.45, 7) is 19.2. The first kappa shape index (κ1) is 46.1. The van der Waals surface area contributed by atoms with Crippen LogP contribution < -0.4 is 4.90 Å². The molecule has 4 fully saturated rings. The van der Waals surface area contributed by atoms with Gasteiger partial charge in [-0.25, -0.2) is 0 Å². The monoisotopic (exact) mass is 984 g/mol. The lowest BCUT2D eigenvalue weighted by molar-refractivity contribution is 0.191. The number of rotatable bonds is 5. The maximum atomic E-state index is 2.70. The molecule has 7 aliphatic rings. The molecular weight excluding hydrogens is 915 g/mol. The minimum absolute atomic E-state index is 0.0523. The third-order valence-electron chi connectivity index (χ3n) is 20.3. The number of fused-ring (bicyclic) bond motifs is 12. The molecule has 9 aromatic carbocycles. The third kappa shape index (κ3) is 6.21. The largest absolute Gasteiger partial charge is 0.310 e. The fourth-order valence-electron chi connectivity index (χ4n) is 16.9. The molecule has 374 valence electrons. The first-order chi connectivity index (χ1) is 36.7. The van der Waals surface area contributed by atoms with Gasteiger partial charge in [0.1, 0.15) is 0 Å². The van der Waals surface area contributed by atoms with Crippen LogP contribution in [-0.4, -0.2) is 0 Å². The molecule has 0 saturated heterocycles. The number of hydrogen-bond acceptors (Lipinski definition) is 1. The molecule has 1 heteroatoms. The van der Waals surface area contributed by atoms with Crippen molar-refractivity contribution in [3.8, 4) is 44.5 Å². The highest BCUT2D eigenvalue weighted by atomic mass is 15.1. The predicted octanol–water partition coefficient (Wildman–Crippen LogP) is 19.4. The van der Waals surface area contributed by atoms with Crippen molar-refractivity contribution >= 4 is 17.1 Å². The standard InChI is InChI=1S/C75H69N/c1-71(2,3)52-31-37-63-67(43-52)75(68-44-53(72(4,5)6)32-38-64(68)73(63,7)8)62-23-15-13-20-58(62)60-21-16-24-69(70(60)75)76(55-33-29-50(30-34-55)49-27-25-48(26-28-49)47-17-10-9-11-18-47)56-35-36-59-57-19-12-14-22-61(57)74(66(59)45-56)54-40-46-39-51(42-54)65(74)41-46/h9-38,43-46,51,54,65H,39-42H2,1-8H3. The smallest absolute Gasteiger partial charge is 0.0740 e. The summed E-state index contributed by atoms with van der Waals surface area (Å²) in [5.74, 6) is 3.08. The summed E-state index contributed by atoms with van der Waals surface area (Å²) in [5, 5.41) is 0. The first-order valence-corrected chi connectivity index (χ1v) is 28.5. The summed E-state index contributed by atoms with van der Waals surface area (Å²) in [6.07, 6.45) is 5.51. The molecule has 2 spiro atoms. The fourth-order valence-corrected chi connectivity index (χ4v) is 16.9. The van der Waals surface area contributed by atoms with E-state index in [2.05, 4.69) is 260 Å². The fraction of sp³-hybridized carbons (Fsp3) is 0.280. The Bertz CT molecular complexity index is 3770. The Morgan fingerprint density at radius 1 is 0.395 bits per heavy atom. The van der Waals surface area contributed by atoms with Crippen LogP contribution in [0.4, 0.5) is 17.1 Å². The van der Waals surface area contributed by atoms with Crippen LogP contribution in [-0.2, 0) is 27.1 Å². The molecule has 0 heterocycles. The lowest BCUT2D eigenvalue weighted by Crippen LogP contribution is -2.42. The van der Waals surface area contributed by atoms with Crippen LogP contribution in [0.5, 0.6) is 0 Å². The molecule has 76 heavy (non-hydrogen) atoms. The first-order valence-electron chi connectivity index (χ1n) is 28.5. The van der Waals surface area contributed by atoms with Gasteiger partial charge in [0, 0.05) is 27.8 Å². The molecular formula is C75H69N. The van der Waals surface area contributed by atoms with E-state index < -0.39 is 5.41 Å². The number of benzene rings is 9. The van der Waals surface area contributed by atoms with E-state index >= 15 is 0 Å². The Morgan fingerprint density at radius 3 is 1.54 bits per heavy atom. The summed E-state index contributed by atoms with van der Waals surface area (Å²) < 4.78 is 0. The topological polar surface area (TPSA) is 3.24 Å². The highest BCUT2D eigenvalue weighted by molar-refractivity contribution is 5.97. The van der Waals surface area contributed by atoms with E-state index in [1.807, 2.05) is 0 Å². The molecule has 5 atom stereocenters. The Labute approximate surface area is 451 Å². The SMILES string of the molecule is CC(C)(C)c1ccc2c(c1)C1(c3ccccc3-c3cccc(N(c4ccc(-c5ccc(-c6ccccc6)cc5)cc4)c4ccc5c(c4)C4(c6ccccc6-5)C5CC6CC(C5)C4C6)c31)c1cc(C(C)(C)C)ccc1C2(C)C. The highest BCUT2D eigenvalue weighted by Gasteiger charge is 2.66. The molecule has 0 N–H and O–H groups in total. The van der Waals surface area contributed by atoms with Crippen LogP contribution in [0, 0.1) is 23.7 Å². The average Bonchev–Trinajstić information content (AvgIpc) is 4.27. The molecule has 4 bridgehead atoms. The van der Waals surface area contributed by atoms with Gasteiger partial charge in [0.25, 0.3) is 0 Å². The van der Waals surface area contributed by atoms with Gasteiger partial charge < -0.3 is 4.90 Å². The summed E-state index contributed by atoms with van der Waals surface area (Å²) >= 11 is 0. The van der Waals surface area contributed by atoms with Crippen molar-refractivity contribution < 1.29 is 0 Å². The highest BCUT2D eigenvalue weighted by Crippen LogP contribution is 2.73. The Kier molecular flexibility index (Phi) is 9.66. The lowest BCUT2D eigenvalue weighted by Gasteiger charge is -2.48. The van der Waals surface area contributed by atoms with Crippen LogP contribution in [0.25, 0.3) is 44.5 Å². The van der Waals surface area contributed by atoms with Crippen LogP contribution in [0.2, 0.25) is 0 Å². The zero-order chi connectivity index (χ0) is 51.7. The van der Waals surface area contributed by atoms with E-state index in [1.54, 1.807) is 11.1 Å². The maximum Gasteiger partial charge on any atom is 0.0740 e. The quantitative estimate of drug-likeness (QED) is 0.166. The van der Waals surface area contributed by atoms with E-state index in [0.29, 0.717) is 11.8 Å². The normalized spacial score (nSPS) is 22.3. The van der Waals surface area contributed by atoms with Gasteiger partial charge in [-0.2, -0.15) is 0 Å². The Morgan fingerprint density at radius 2 is 0.921 bits per heavy atom. The van der Waals surface area contributed by atoms with Crippen LogP contribution >= 0.6 is 0 Å². The van der Waals surface area contributed by atoms with Gasteiger partial charge in [-0.3, -0.25) is 0 Å². The van der Waals surface area contributed by atoms with Gasteiger partial charge in [0.2, 0.25) is 0 Å². The van der Waals surface area contributed by atoms with Crippen LogP contribution in [0.15, 0.2) is 200 Å². The van der Waals surface area contributed by atoms with Crippen molar-refractivity contribution in [3.05, 3.63) is 256 Å². The third-order valence-corrected chi connectivity index (χ3v) is 20.3. The van der Waals surface area contributed by atoms with E-state index in [-0.39, 0.29) is 21.7 Å². The van der Waals surface area contributed by atoms with Crippen molar-refractivity contribution in [2.24, 2.45) is 23.7 Å². The zero-order valence-electron chi connectivity index (χ0n) is 45.6. The molecule has 0 radical (unpaired) electrons. The number of anilines is 3. The summed E-state index contributed by atoms with van der Waals surface area (Å²) in [5.41, 5.74) is 27.5. The Hall–Kier alpha value is -7.22. The van der Waals surface area contributed by atoms with E-state index in [1.165, 1.54) is 132 Å². The summed E-state index contributed by atoms with van der Waals surface area (Å²) in [6, 6.07) is 78.5. The van der Waals surface area contributed by atoms with Crippen molar-refractivity contribution in [1.82, 2.24) is 0 Å². The second-order valence-corrected chi connectivity index (χ2v) is 26.5. The van der Waals surface area contributed by atoms with Gasteiger partial charge >= 0.3 is 0 Å². The molecule has 0 aliphatic heterocycles. The molecule has 1 nitrogen and oxygen atoms in total. The minimum Gasteiger partial charge on any atom is -0.310 e. The van der Waals surface area contributed by atoms with E-state index in [9.17, 15) is 0 Å². The van der Waals surface area contributed by atoms with Gasteiger partial charge in [-0.1, -0.05) is 225 Å². The van der Waals surface area contributed by atoms with Gasteiger partial charge in [-0.15, -0.1) is 0 Å². The molecule has 0 aromatic heterocycles. The van der Waals surface area contributed by atoms with E-state index in [0.717, 1.165) is 11.8 Å². The lowest BCUT2D eigenvalue weighted by atomic mass is 9.54. The van der Waals surface area contributed by atoms with Crippen LogP contribution in [0.3, 0.4) is 0 Å². The Balaban J connectivity index is 1.01. The zero-order valence-corrected chi connectivity index (χ0v) is 45.6. The summed E-state index contributed by atoms with van der Waals surface area (Å²) in [4.78, 5) is 2.69. The molecule has 5 unspecified atom stereocenters. The predicted molar refractivity (Wildman–Crippen MR) is 317 cm³/mol. The molecule has 4 saturated carbocycles. The van der Waals surface area contributed by atoms with E-state index in [4.69, 9.17) is 0 Å². The van der Waals surface area contributed by atoms with Crippen molar-refractivity contribution in [2.75, 3.05) is 4.90 Å². The average molecular weight is 984 g/mol. The molecule has 9 aromatic rings.